The molecule has 7 nitrogen and oxygen atoms in total. The summed E-state index contributed by atoms with van der Waals surface area (Å²) in [6, 6.07) is 15.5. The fourth-order valence-electron chi connectivity index (χ4n) is 6.80. The van der Waals surface area contributed by atoms with Crippen LogP contribution in [0.3, 0.4) is 0 Å². The highest BCUT2D eigenvalue weighted by atomic mass is 16.5. The fraction of sp³-hybridized carbons (Fsp3) is 0.517. The molecule has 3 N–H and O–H groups in total. The summed E-state index contributed by atoms with van der Waals surface area (Å²) in [5, 5.41) is 9.10. The number of nitrogens with one attached hydrogen (secondary N) is 3. The van der Waals surface area contributed by atoms with Crippen LogP contribution in [0, 0.1) is 17.8 Å². The molecular weight excluding hydrogens is 454 g/mol. The van der Waals surface area contributed by atoms with Crippen LogP contribution in [0.2, 0.25) is 0 Å². The number of hydrogen-bond acceptors (Lipinski definition) is 4. The molecular formula is C29H37N3O4. The number of carbonyl (C=O) groups excluding carboxylic acids is 2. The van der Waals surface area contributed by atoms with Crippen LogP contribution in [0.1, 0.15) is 56.1 Å². The summed E-state index contributed by atoms with van der Waals surface area (Å²) in [5.41, 5.74) is 1.98. The van der Waals surface area contributed by atoms with E-state index in [9.17, 15) is 9.59 Å². The molecule has 4 fully saturated rings. The highest BCUT2D eigenvalue weighted by Crippen LogP contribution is 2.55. The molecule has 4 bridgehead atoms. The molecule has 0 saturated heterocycles. The van der Waals surface area contributed by atoms with Gasteiger partial charge in [-0.2, -0.15) is 0 Å². The Morgan fingerprint density at radius 3 is 2.25 bits per heavy atom. The van der Waals surface area contributed by atoms with E-state index in [0.29, 0.717) is 31.2 Å². The lowest BCUT2D eigenvalue weighted by Gasteiger charge is -2.56. The zero-order valence-electron chi connectivity index (χ0n) is 21.1. The maximum absolute atomic E-state index is 12.6. The molecule has 0 aliphatic heterocycles. The van der Waals surface area contributed by atoms with Crippen LogP contribution >= 0.6 is 0 Å². The zero-order valence-corrected chi connectivity index (χ0v) is 21.1. The summed E-state index contributed by atoms with van der Waals surface area (Å²) in [6.07, 6.45) is 7.63. The van der Waals surface area contributed by atoms with Gasteiger partial charge >= 0.3 is 6.03 Å². The summed E-state index contributed by atoms with van der Waals surface area (Å²) in [7, 11) is 1.60. The first-order valence-corrected chi connectivity index (χ1v) is 13.2. The van der Waals surface area contributed by atoms with E-state index in [1.54, 1.807) is 7.11 Å². The van der Waals surface area contributed by atoms with E-state index >= 15 is 0 Å². The first-order valence-electron chi connectivity index (χ1n) is 13.2. The number of methoxy groups -OCH3 is 1. The summed E-state index contributed by atoms with van der Waals surface area (Å²) < 4.78 is 11.4. The second kappa shape index (κ2) is 10.8. The van der Waals surface area contributed by atoms with E-state index in [1.165, 1.54) is 19.3 Å². The Kier molecular flexibility index (Phi) is 7.35. The lowest BCUT2D eigenvalue weighted by molar-refractivity contribution is -0.121. The molecule has 0 radical (unpaired) electrons. The van der Waals surface area contributed by atoms with Crippen LogP contribution < -0.4 is 25.4 Å². The Bertz CT molecular complexity index is 1040. The molecule has 2 aromatic rings. The number of rotatable bonds is 10. The molecule has 0 spiro atoms. The molecule has 192 valence electrons. The van der Waals surface area contributed by atoms with Crippen molar-refractivity contribution in [1.29, 1.82) is 0 Å². The molecule has 6 rings (SSSR count). The van der Waals surface area contributed by atoms with E-state index in [4.69, 9.17) is 9.47 Å². The Labute approximate surface area is 213 Å². The Morgan fingerprint density at radius 1 is 0.889 bits per heavy atom. The van der Waals surface area contributed by atoms with Gasteiger partial charge in [-0.3, -0.25) is 4.79 Å². The number of carbonyl (C=O) groups is 2. The second-order valence-electron chi connectivity index (χ2n) is 10.9. The standard InChI is InChI=1S/C29H37N3O4/c1-35-26-14-21(7-8-25(26)36-19-20-5-3-2-4-6-20)18-31-27(33)9-10-30-28(34)32-29-15-22-11-23(16-29)13-24(12-22)17-29/h2-8,14,22-24H,9-13,15-19H2,1H3,(H,31,33)(H2,30,32,34). The van der Waals surface area contributed by atoms with Crippen LogP contribution in [0.5, 0.6) is 11.5 Å². The van der Waals surface area contributed by atoms with E-state index in [0.717, 1.165) is 48.1 Å². The topological polar surface area (TPSA) is 88.7 Å². The van der Waals surface area contributed by atoms with Crippen LogP contribution in [-0.4, -0.2) is 31.1 Å². The van der Waals surface area contributed by atoms with Crippen LogP contribution in [-0.2, 0) is 17.9 Å². The highest BCUT2D eigenvalue weighted by molar-refractivity contribution is 5.78. The minimum absolute atomic E-state index is 0.0167. The van der Waals surface area contributed by atoms with Crippen molar-refractivity contribution >= 4 is 11.9 Å². The number of amides is 3. The first-order chi connectivity index (χ1) is 17.5. The van der Waals surface area contributed by atoms with Gasteiger partial charge in [-0.1, -0.05) is 36.4 Å². The summed E-state index contributed by atoms with van der Waals surface area (Å²) in [5.74, 6) is 3.53. The van der Waals surface area contributed by atoms with Crippen molar-refractivity contribution in [2.75, 3.05) is 13.7 Å². The van der Waals surface area contributed by atoms with Gasteiger partial charge in [0.2, 0.25) is 5.91 Å². The van der Waals surface area contributed by atoms with Gasteiger partial charge in [-0.05, 0) is 79.5 Å². The van der Waals surface area contributed by atoms with Gasteiger partial charge < -0.3 is 25.4 Å². The lowest BCUT2D eigenvalue weighted by Crippen LogP contribution is -2.61. The van der Waals surface area contributed by atoms with Crippen LogP contribution in [0.15, 0.2) is 48.5 Å². The average Bonchev–Trinajstić information content (AvgIpc) is 2.86. The monoisotopic (exact) mass is 491 g/mol. The molecule has 2 aromatic carbocycles. The van der Waals surface area contributed by atoms with Gasteiger partial charge in [0.1, 0.15) is 6.61 Å². The summed E-state index contributed by atoms with van der Waals surface area (Å²) in [4.78, 5) is 24.9. The van der Waals surface area contributed by atoms with Gasteiger partial charge in [-0.15, -0.1) is 0 Å². The maximum Gasteiger partial charge on any atom is 0.315 e. The van der Waals surface area contributed by atoms with E-state index in [-0.39, 0.29) is 23.9 Å². The van der Waals surface area contributed by atoms with Crippen LogP contribution in [0.25, 0.3) is 0 Å². The first kappa shape index (κ1) is 24.5. The molecule has 4 aliphatic rings. The predicted octanol–water partition coefficient (Wildman–Crippen LogP) is 4.55. The van der Waals surface area contributed by atoms with Gasteiger partial charge in [0.15, 0.2) is 11.5 Å². The molecule has 0 aromatic heterocycles. The summed E-state index contributed by atoms with van der Waals surface area (Å²) in [6.45, 7) is 1.16. The quantitative estimate of drug-likeness (QED) is 0.455. The third-order valence-corrected chi connectivity index (χ3v) is 8.01. The third-order valence-electron chi connectivity index (χ3n) is 8.01. The molecule has 0 heterocycles. The number of benzene rings is 2. The van der Waals surface area contributed by atoms with Gasteiger partial charge in [0.05, 0.1) is 7.11 Å². The van der Waals surface area contributed by atoms with Crippen molar-refractivity contribution in [2.24, 2.45) is 17.8 Å². The van der Waals surface area contributed by atoms with Crippen molar-refractivity contribution in [3.63, 3.8) is 0 Å². The van der Waals surface area contributed by atoms with Crippen molar-refractivity contribution in [1.82, 2.24) is 16.0 Å². The van der Waals surface area contributed by atoms with Crippen molar-refractivity contribution in [3.8, 4) is 11.5 Å². The predicted molar refractivity (Wildman–Crippen MR) is 138 cm³/mol. The third kappa shape index (κ3) is 5.94. The Hall–Kier alpha value is -3.22. The van der Waals surface area contributed by atoms with E-state index in [2.05, 4.69) is 16.0 Å². The SMILES string of the molecule is COc1cc(CNC(=O)CCNC(=O)NC23CC4CC(CC(C4)C2)C3)ccc1OCc1ccccc1. The molecule has 0 unspecified atom stereocenters. The second-order valence-corrected chi connectivity index (χ2v) is 10.9. The number of ether oxygens (including phenoxy) is 2. The molecule has 3 amide bonds. The van der Waals surface area contributed by atoms with Gasteiger partial charge in [0, 0.05) is 25.0 Å². The molecule has 4 aliphatic carbocycles. The van der Waals surface area contributed by atoms with E-state index < -0.39 is 0 Å². The normalized spacial score (nSPS) is 25.8. The number of urea groups is 1. The van der Waals surface area contributed by atoms with Crippen molar-refractivity contribution in [2.45, 2.75) is 63.6 Å². The Morgan fingerprint density at radius 2 is 1.58 bits per heavy atom. The smallest absolute Gasteiger partial charge is 0.315 e. The maximum atomic E-state index is 12.6. The van der Waals surface area contributed by atoms with Crippen LogP contribution in [0.4, 0.5) is 4.79 Å². The molecule has 4 saturated carbocycles. The fourth-order valence-corrected chi connectivity index (χ4v) is 6.80. The minimum atomic E-state index is -0.138. The highest BCUT2D eigenvalue weighted by Gasteiger charge is 2.51. The largest absolute Gasteiger partial charge is 0.493 e. The molecule has 0 atom stereocenters. The average molecular weight is 492 g/mol. The lowest BCUT2D eigenvalue weighted by atomic mass is 9.53. The van der Waals surface area contributed by atoms with E-state index in [1.807, 2.05) is 48.5 Å². The summed E-state index contributed by atoms with van der Waals surface area (Å²) >= 11 is 0. The molecule has 36 heavy (non-hydrogen) atoms. The molecule has 7 heteroatoms. The number of hydrogen-bond donors (Lipinski definition) is 3. The minimum Gasteiger partial charge on any atom is -0.493 e. The van der Waals surface area contributed by atoms with Gasteiger partial charge in [-0.25, -0.2) is 4.79 Å². The van der Waals surface area contributed by atoms with Gasteiger partial charge in [0.25, 0.3) is 0 Å². The Balaban J connectivity index is 1.03. The van der Waals surface area contributed by atoms with Crippen molar-refractivity contribution < 1.29 is 19.1 Å². The van der Waals surface area contributed by atoms with Crippen molar-refractivity contribution in [3.05, 3.63) is 59.7 Å². The zero-order chi connectivity index (χ0) is 25.0.